The summed E-state index contributed by atoms with van der Waals surface area (Å²) in [5.74, 6) is -7.07. The Balaban J connectivity index is 5.12. The van der Waals surface area contributed by atoms with Crippen molar-refractivity contribution in [3.63, 3.8) is 0 Å². The van der Waals surface area contributed by atoms with Crippen LogP contribution in [-0.2, 0) is 4.79 Å². The third-order valence-corrected chi connectivity index (χ3v) is 1.81. The molecule has 3 N–H and O–H groups in total. The van der Waals surface area contributed by atoms with Gasteiger partial charge in [0.2, 0.25) is 11.8 Å². The first-order chi connectivity index (χ1) is 7.91. The quantitative estimate of drug-likeness (QED) is 0.265. The Kier molecular flexibility index (Phi) is 4.82. The molecule has 0 aliphatic rings. The largest absolute Gasteiger partial charge is 0.409 e. The van der Waals surface area contributed by atoms with Gasteiger partial charge in [0, 0.05) is 7.05 Å². The van der Waals surface area contributed by atoms with E-state index in [0.717, 1.165) is 0 Å². The lowest BCUT2D eigenvalue weighted by Crippen LogP contribution is -2.50. The number of oxime groups is 1. The van der Waals surface area contributed by atoms with E-state index in [-0.39, 0.29) is 4.90 Å². The van der Waals surface area contributed by atoms with Crippen LogP contribution in [-0.4, -0.2) is 47.8 Å². The van der Waals surface area contributed by atoms with E-state index < -0.39 is 36.6 Å². The van der Waals surface area contributed by atoms with Crippen LogP contribution in [0.3, 0.4) is 0 Å². The number of amides is 1. The van der Waals surface area contributed by atoms with E-state index in [1.807, 2.05) is 0 Å². The van der Waals surface area contributed by atoms with Gasteiger partial charge in [-0.15, -0.1) is 0 Å². The minimum atomic E-state index is -5.77. The van der Waals surface area contributed by atoms with Crippen molar-refractivity contribution in [2.75, 3.05) is 13.6 Å². The molecule has 0 aromatic heterocycles. The van der Waals surface area contributed by atoms with Crippen LogP contribution < -0.4 is 5.73 Å². The van der Waals surface area contributed by atoms with Gasteiger partial charge in [0.15, 0.2) is 5.84 Å². The number of likely N-dealkylation sites (N-methyl/N-ethyl adjacent to an activating group) is 1. The van der Waals surface area contributed by atoms with Crippen molar-refractivity contribution < 1.29 is 36.3 Å². The molecule has 0 rings (SSSR count). The topological polar surface area (TPSA) is 78.9 Å². The van der Waals surface area contributed by atoms with Gasteiger partial charge < -0.3 is 15.8 Å². The second-order valence-electron chi connectivity index (χ2n) is 3.30. The van der Waals surface area contributed by atoms with Gasteiger partial charge in [0.25, 0.3) is 0 Å². The molecule has 0 saturated carbocycles. The van der Waals surface area contributed by atoms with E-state index >= 15 is 0 Å². The number of amidine groups is 1. The van der Waals surface area contributed by atoms with Gasteiger partial charge in [-0.1, -0.05) is 5.16 Å². The molecule has 0 atom stereocenters. The predicted octanol–water partition coefficient (Wildman–Crippen LogP) is 0.932. The first-order valence-corrected chi connectivity index (χ1v) is 4.26. The Morgan fingerprint density at radius 3 is 1.94 bits per heavy atom. The predicted molar refractivity (Wildman–Crippen MR) is 46.6 cm³/mol. The molecule has 0 radical (unpaired) electrons. The molecule has 0 aliphatic heterocycles. The van der Waals surface area contributed by atoms with Crippen molar-refractivity contribution in [3.8, 4) is 0 Å². The second-order valence-corrected chi connectivity index (χ2v) is 3.30. The lowest BCUT2D eigenvalue weighted by atomic mass is 10.1. The Labute approximate surface area is 96.8 Å². The van der Waals surface area contributed by atoms with Gasteiger partial charge in [0.05, 0.1) is 6.54 Å². The van der Waals surface area contributed by atoms with Crippen molar-refractivity contribution in [3.05, 3.63) is 0 Å². The van der Waals surface area contributed by atoms with Crippen LogP contribution >= 0.6 is 0 Å². The molecule has 0 aromatic carbocycles. The van der Waals surface area contributed by atoms with Gasteiger partial charge in [-0.25, -0.2) is 0 Å². The van der Waals surface area contributed by atoms with E-state index in [1.54, 1.807) is 0 Å². The molecule has 0 aromatic rings. The number of rotatable bonds is 3. The highest BCUT2D eigenvalue weighted by Gasteiger charge is 2.61. The second kappa shape index (κ2) is 5.31. The number of hydrogen-bond acceptors (Lipinski definition) is 3. The van der Waals surface area contributed by atoms with Crippen LogP contribution in [0.4, 0.5) is 26.3 Å². The highest BCUT2D eigenvalue weighted by Crippen LogP contribution is 2.40. The first-order valence-electron chi connectivity index (χ1n) is 4.26. The lowest BCUT2D eigenvalue weighted by molar-refractivity contribution is -0.277. The molecular weight excluding hydrogens is 272 g/mol. The summed E-state index contributed by atoms with van der Waals surface area (Å²) in [7, 11) is 0.671. The summed E-state index contributed by atoms with van der Waals surface area (Å²) in [4.78, 5) is 11.2. The molecule has 18 heavy (non-hydrogen) atoms. The van der Waals surface area contributed by atoms with Gasteiger partial charge in [-0.2, -0.15) is 26.3 Å². The zero-order valence-corrected chi connectivity index (χ0v) is 8.88. The molecule has 0 bridgehead atoms. The van der Waals surface area contributed by atoms with Crippen molar-refractivity contribution in [1.82, 2.24) is 4.90 Å². The van der Waals surface area contributed by atoms with Gasteiger partial charge in [0.1, 0.15) is 0 Å². The molecule has 5 nitrogen and oxygen atoms in total. The minimum Gasteiger partial charge on any atom is -0.409 e. The van der Waals surface area contributed by atoms with Crippen LogP contribution in [0.2, 0.25) is 0 Å². The maximum absolute atomic E-state index is 12.2. The highest BCUT2D eigenvalue weighted by molar-refractivity contribution is 5.88. The SMILES string of the molecule is CN(CC(N)=NO)C(=O)C(C(F)(F)F)C(F)(F)F. The molecule has 0 fully saturated rings. The molecule has 11 heteroatoms. The van der Waals surface area contributed by atoms with Gasteiger partial charge in [-0.3, -0.25) is 4.79 Å². The molecule has 0 unspecified atom stereocenters. The molecule has 0 aliphatic carbocycles. The van der Waals surface area contributed by atoms with E-state index in [0.29, 0.717) is 7.05 Å². The number of carbonyl (C=O) groups is 1. The van der Waals surface area contributed by atoms with Crippen molar-refractivity contribution in [1.29, 1.82) is 0 Å². The van der Waals surface area contributed by atoms with Crippen LogP contribution in [0.25, 0.3) is 0 Å². The van der Waals surface area contributed by atoms with Crippen molar-refractivity contribution in [2.24, 2.45) is 16.8 Å². The summed E-state index contributed by atoms with van der Waals surface area (Å²) in [6.45, 7) is -0.863. The Morgan fingerprint density at radius 1 is 1.28 bits per heavy atom. The molecule has 0 heterocycles. The fraction of sp³-hybridized carbons (Fsp3) is 0.714. The van der Waals surface area contributed by atoms with E-state index in [4.69, 9.17) is 10.9 Å². The summed E-state index contributed by atoms with van der Waals surface area (Å²) in [5, 5.41) is 10.4. The maximum atomic E-state index is 12.2. The highest BCUT2D eigenvalue weighted by atomic mass is 19.4. The molecule has 0 spiro atoms. The summed E-state index contributed by atoms with van der Waals surface area (Å²) in [6, 6.07) is 0. The number of nitrogens with zero attached hydrogens (tertiary/aromatic N) is 2. The Morgan fingerprint density at radius 2 is 1.67 bits per heavy atom. The van der Waals surface area contributed by atoms with Crippen LogP contribution in [0, 0.1) is 5.92 Å². The first kappa shape index (κ1) is 16.3. The minimum absolute atomic E-state index is 0.0701. The summed E-state index contributed by atoms with van der Waals surface area (Å²) >= 11 is 0. The lowest BCUT2D eigenvalue weighted by Gasteiger charge is -2.26. The Hall–Kier alpha value is -1.68. The van der Waals surface area contributed by atoms with Crippen LogP contribution in [0.15, 0.2) is 5.16 Å². The van der Waals surface area contributed by atoms with E-state index in [1.165, 1.54) is 0 Å². The molecule has 0 saturated heterocycles. The van der Waals surface area contributed by atoms with Gasteiger partial charge in [-0.05, 0) is 0 Å². The fourth-order valence-corrected chi connectivity index (χ4v) is 1.04. The zero-order valence-electron chi connectivity index (χ0n) is 8.88. The van der Waals surface area contributed by atoms with Gasteiger partial charge >= 0.3 is 12.4 Å². The van der Waals surface area contributed by atoms with Crippen molar-refractivity contribution in [2.45, 2.75) is 12.4 Å². The summed E-state index contributed by atoms with van der Waals surface area (Å²) < 4.78 is 73.0. The van der Waals surface area contributed by atoms with Crippen LogP contribution in [0.1, 0.15) is 0 Å². The average Bonchev–Trinajstić information content (AvgIpc) is 2.12. The molecule has 106 valence electrons. The normalized spacial score (nSPS) is 13.9. The molecule has 1 amide bonds. The number of alkyl halides is 6. The maximum Gasteiger partial charge on any atom is 0.409 e. The zero-order chi connectivity index (χ0) is 14.7. The fourth-order valence-electron chi connectivity index (χ4n) is 1.04. The smallest absolute Gasteiger partial charge is 0.409 e. The van der Waals surface area contributed by atoms with Crippen molar-refractivity contribution >= 4 is 11.7 Å². The number of halogens is 6. The third-order valence-electron chi connectivity index (χ3n) is 1.81. The summed E-state index contributed by atoms with van der Waals surface area (Å²) in [5.41, 5.74) is 4.87. The Bertz CT molecular complexity index is 323. The number of nitrogens with two attached hydrogens (primary N) is 1. The molecular formula is C7H9F6N3O2. The third kappa shape index (κ3) is 4.30. The average molecular weight is 281 g/mol. The monoisotopic (exact) mass is 281 g/mol. The standard InChI is InChI=1S/C7H9F6N3O2/c1-16(2-3(14)15-18)5(17)4(6(8,9)10)7(11,12)13/h4,18H,2H2,1H3,(H2,14,15). The van der Waals surface area contributed by atoms with Crippen LogP contribution in [0.5, 0.6) is 0 Å². The number of hydrogen-bond donors (Lipinski definition) is 2. The summed E-state index contributed by atoms with van der Waals surface area (Å²) in [6.07, 6.45) is -11.5. The van der Waals surface area contributed by atoms with E-state index in [9.17, 15) is 31.1 Å². The number of carbonyl (C=O) groups excluding carboxylic acids is 1. The van der Waals surface area contributed by atoms with E-state index in [2.05, 4.69) is 5.16 Å².